The molecule has 0 aliphatic carbocycles. The van der Waals surface area contributed by atoms with E-state index < -0.39 is 0 Å². The van der Waals surface area contributed by atoms with Crippen LogP contribution >= 0.6 is 0 Å². The first-order chi connectivity index (χ1) is 14.9. The Hall–Kier alpha value is -2.49. The largest absolute Gasteiger partial charge is 0.459 e. The van der Waals surface area contributed by atoms with Crippen molar-refractivity contribution in [2.45, 2.75) is 26.4 Å². The number of methoxy groups -OCH3 is 1. The summed E-state index contributed by atoms with van der Waals surface area (Å²) in [6, 6.07) is 6.66. The highest BCUT2D eigenvalue weighted by Gasteiger charge is 2.20. The zero-order chi connectivity index (χ0) is 22.6. The van der Waals surface area contributed by atoms with E-state index in [-0.39, 0.29) is 30.4 Å². The van der Waals surface area contributed by atoms with Crippen molar-refractivity contribution in [2.75, 3.05) is 64.8 Å². The summed E-state index contributed by atoms with van der Waals surface area (Å²) in [5.74, 6) is -0.473. The van der Waals surface area contributed by atoms with Crippen LogP contribution in [0.5, 0.6) is 0 Å². The van der Waals surface area contributed by atoms with Crippen LogP contribution in [0.15, 0.2) is 24.3 Å². The SMILES string of the molecule is COCCCNC(=O)CN1CCN(CC(=O)Nc2ccc(C(=O)OC(C)C)cc2)CC1. The van der Waals surface area contributed by atoms with Gasteiger partial charge in [0.05, 0.1) is 24.8 Å². The third-order valence-electron chi connectivity index (χ3n) is 4.79. The first-order valence-corrected chi connectivity index (χ1v) is 10.7. The lowest BCUT2D eigenvalue weighted by Crippen LogP contribution is -2.51. The maximum absolute atomic E-state index is 12.3. The molecule has 0 saturated carbocycles. The van der Waals surface area contributed by atoms with Gasteiger partial charge in [-0.05, 0) is 44.5 Å². The van der Waals surface area contributed by atoms with E-state index in [1.54, 1.807) is 45.2 Å². The van der Waals surface area contributed by atoms with Crippen molar-refractivity contribution in [2.24, 2.45) is 0 Å². The highest BCUT2D eigenvalue weighted by Crippen LogP contribution is 2.12. The fourth-order valence-corrected chi connectivity index (χ4v) is 3.18. The standard InChI is InChI=1S/C22H34N4O5/c1-17(2)31-22(29)18-5-7-19(8-6-18)24-21(28)16-26-12-10-25(11-13-26)15-20(27)23-9-4-14-30-3/h5-8,17H,4,9-16H2,1-3H3,(H,23,27)(H,24,28). The molecule has 0 radical (unpaired) electrons. The van der Waals surface area contributed by atoms with Gasteiger partial charge in [0.1, 0.15) is 0 Å². The number of hydrogen-bond donors (Lipinski definition) is 2. The van der Waals surface area contributed by atoms with Crippen molar-refractivity contribution < 1.29 is 23.9 Å². The molecule has 0 atom stereocenters. The van der Waals surface area contributed by atoms with Crippen LogP contribution in [-0.2, 0) is 19.1 Å². The van der Waals surface area contributed by atoms with Gasteiger partial charge in [0.25, 0.3) is 0 Å². The predicted octanol–water partition coefficient (Wildman–Crippen LogP) is 0.961. The van der Waals surface area contributed by atoms with Crippen LogP contribution in [0.2, 0.25) is 0 Å². The number of hydrogen-bond acceptors (Lipinski definition) is 7. The van der Waals surface area contributed by atoms with E-state index >= 15 is 0 Å². The molecule has 2 N–H and O–H groups in total. The lowest BCUT2D eigenvalue weighted by Gasteiger charge is -2.33. The van der Waals surface area contributed by atoms with E-state index in [0.29, 0.717) is 30.9 Å². The molecule has 0 aromatic heterocycles. The minimum atomic E-state index is -0.380. The Kier molecular flexibility index (Phi) is 10.4. The molecule has 0 unspecified atom stereocenters. The molecule has 1 aliphatic heterocycles. The maximum atomic E-state index is 12.3. The molecule has 9 heteroatoms. The lowest BCUT2D eigenvalue weighted by atomic mass is 10.2. The van der Waals surface area contributed by atoms with E-state index in [1.165, 1.54) is 0 Å². The molecular formula is C22H34N4O5. The van der Waals surface area contributed by atoms with Gasteiger partial charge in [0, 0.05) is 52.1 Å². The predicted molar refractivity (Wildman–Crippen MR) is 118 cm³/mol. The van der Waals surface area contributed by atoms with Crippen molar-refractivity contribution in [1.82, 2.24) is 15.1 Å². The molecule has 1 aromatic carbocycles. The Morgan fingerprint density at radius 3 is 2.10 bits per heavy atom. The fraction of sp³-hybridized carbons (Fsp3) is 0.591. The van der Waals surface area contributed by atoms with Crippen molar-refractivity contribution in [3.8, 4) is 0 Å². The molecule has 1 saturated heterocycles. The van der Waals surface area contributed by atoms with Crippen molar-refractivity contribution in [3.63, 3.8) is 0 Å². The molecule has 1 fully saturated rings. The average molecular weight is 435 g/mol. The molecular weight excluding hydrogens is 400 g/mol. The summed E-state index contributed by atoms with van der Waals surface area (Å²) >= 11 is 0. The number of carbonyl (C=O) groups is 3. The third kappa shape index (κ3) is 9.46. The topological polar surface area (TPSA) is 100 Å². The van der Waals surface area contributed by atoms with Gasteiger partial charge in [-0.1, -0.05) is 0 Å². The number of esters is 1. The average Bonchev–Trinajstić information content (AvgIpc) is 2.72. The van der Waals surface area contributed by atoms with Crippen LogP contribution in [0.3, 0.4) is 0 Å². The summed E-state index contributed by atoms with van der Waals surface area (Å²) < 4.78 is 10.1. The highest BCUT2D eigenvalue weighted by molar-refractivity contribution is 5.94. The van der Waals surface area contributed by atoms with Crippen LogP contribution in [0.1, 0.15) is 30.6 Å². The second-order valence-corrected chi connectivity index (χ2v) is 7.83. The molecule has 2 rings (SSSR count). The summed E-state index contributed by atoms with van der Waals surface area (Å²) in [6.07, 6.45) is 0.623. The van der Waals surface area contributed by atoms with E-state index in [1.807, 2.05) is 0 Å². The first-order valence-electron chi connectivity index (χ1n) is 10.7. The second kappa shape index (κ2) is 13.0. The van der Waals surface area contributed by atoms with Crippen LogP contribution in [-0.4, -0.2) is 93.2 Å². The number of amides is 2. The number of benzene rings is 1. The van der Waals surface area contributed by atoms with Gasteiger partial charge in [0.15, 0.2) is 0 Å². The Morgan fingerprint density at radius 2 is 1.55 bits per heavy atom. The van der Waals surface area contributed by atoms with Crippen molar-refractivity contribution in [1.29, 1.82) is 0 Å². The Balaban J connectivity index is 1.67. The van der Waals surface area contributed by atoms with Crippen LogP contribution in [0.4, 0.5) is 5.69 Å². The van der Waals surface area contributed by atoms with Gasteiger partial charge in [0.2, 0.25) is 11.8 Å². The number of nitrogens with one attached hydrogen (secondary N) is 2. The first kappa shape index (κ1) is 24.8. The highest BCUT2D eigenvalue weighted by atomic mass is 16.5. The van der Waals surface area contributed by atoms with Gasteiger partial charge >= 0.3 is 5.97 Å². The molecule has 0 spiro atoms. The quantitative estimate of drug-likeness (QED) is 0.395. The van der Waals surface area contributed by atoms with Crippen LogP contribution < -0.4 is 10.6 Å². The van der Waals surface area contributed by atoms with Crippen molar-refractivity contribution in [3.05, 3.63) is 29.8 Å². The summed E-state index contributed by atoms with van der Waals surface area (Å²) in [5.41, 5.74) is 1.08. The molecule has 1 heterocycles. The minimum absolute atomic E-state index is 0.0167. The molecule has 2 amide bonds. The molecule has 31 heavy (non-hydrogen) atoms. The molecule has 0 bridgehead atoms. The Bertz CT molecular complexity index is 715. The second-order valence-electron chi connectivity index (χ2n) is 7.83. The zero-order valence-electron chi connectivity index (χ0n) is 18.7. The van der Waals surface area contributed by atoms with Gasteiger partial charge in [-0.3, -0.25) is 19.4 Å². The zero-order valence-corrected chi connectivity index (χ0v) is 18.7. The monoisotopic (exact) mass is 434 g/mol. The fourth-order valence-electron chi connectivity index (χ4n) is 3.18. The number of rotatable bonds is 11. The van der Waals surface area contributed by atoms with Crippen molar-refractivity contribution >= 4 is 23.5 Å². The maximum Gasteiger partial charge on any atom is 0.338 e. The number of ether oxygens (including phenoxy) is 2. The third-order valence-corrected chi connectivity index (χ3v) is 4.79. The van der Waals surface area contributed by atoms with Gasteiger partial charge < -0.3 is 20.1 Å². The van der Waals surface area contributed by atoms with E-state index in [4.69, 9.17) is 9.47 Å². The summed E-state index contributed by atoms with van der Waals surface area (Å²) in [4.78, 5) is 40.3. The number of nitrogens with zero attached hydrogens (tertiary/aromatic N) is 2. The summed E-state index contributed by atoms with van der Waals surface area (Å²) in [6.45, 7) is 8.44. The molecule has 9 nitrogen and oxygen atoms in total. The van der Waals surface area contributed by atoms with Gasteiger partial charge in [-0.15, -0.1) is 0 Å². The minimum Gasteiger partial charge on any atom is -0.459 e. The van der Waals surface area contributed by atoms with E-state index in [9.17, 15) is 14.4 Å². The number of piperazine rings is 1. The number of carbonyl (C=O) groups excluding carboxylic acids is 3. The normalized spacial score (nSPS) is 15.0. The van der Waals surface area contributed by atoms with E-state index in [2.05, 4.69) is 20.4 Å². The Morgan fingerprint density at radius 1 is 0.968 bits per heavy atom. The van der Waals surface area contributed by atoms with Crippen LogP contribution in [0, 0.1) is 0 Å². The Labute approximate surface area is 184 Å². The molecule has 172 valence electrons. The number of anilines is 1. The van der Waals surface area contributed by atoms with Gasteiger partial charge in [-0.2, -0.15) is 0 Å². The van der Waals surface area contributed by atoms with E-state index in [0.717, 1.165) is 32.6 Å². The smallest absolute Gasteiger partial charge is 0.338 e. The molecule has 1 aromatic rings. The summed E-state index contributed by atoms with van der Waals surface area (Å²) in [7, 11) is 1.64. The van der Waals surface area contributed by atoms with Crippen LogP contribution in [0.25, 0.3) is 0 Å². The lowest BCUT2D eigenvalue weighted by molar-refractivity contribution is -0.123. The summed E-state index contributed by atoms with van der Waals surface area (Å²) in [5, 5.41) is 5.74. The van der Waals surface area contributed by atoms with Gasteiger partial charge in [-0.25, -0.2) is 4.79 Å². The molecule has 1 aliphatic rings.